The molecule has 2 rings (SSSR count). The van der Waals surface area contributed by atoms with Crippen LogP contribution in [0.3, 0.4) is 0 Å². The second kappa shape index (κ2) is 6.05. The van der Waals surface area contributed by atoms with Crippen molar-refractivity contribution in [3.8, 4) is 6.07 Å². The third-order valence-electron chi connectivity index (χ3n) is 4.49. The highest BCUT2D eigenvalue weighted by molar-refractivity contribution is 5.15. The number of rotatable bonds is 5. The molecule has 0 radical (unpaired) electrons. The van der Waals surface area contributed by atoms with E-state index in [-0.39, 0.29) is 5.41 Å². The van der Waals surface area contributed by atoms with Crippen molar-refractivity contribution < 1.29 is 0 Å². The van der Waals surface area contributed by atoms with Crippen LogP contribution in [0.15, 0.2) is 30.3 Å². The van der Waals surface area contributed by atoms with E-state index in [0.717, 1.165) is 38.0 Å². The highest BCUT2D eigenvalue weighted by atomic mass is 14.4. The number of nitriles is 1. The van der Waals surface area contributed by atoms with Crippen LogP contribution in [-0.2, 0) is 6.42 Å². The van der Waals surface area contributed by atoms with Gasteiger partial charge in [0.25, 0.3) is 0 Å². The van der Waals surface area contributed by atoms with E-state index >= 15 is 0 Å². The maximum absolute atomic E-state index is 9.48. The summed E-state index contributed by atoms with van der Waals surface area (Å²) in [5, 5.41) is 9.48. The van der Waals surface area contributed by atoms with Gasteiger partial charge in [-0.25, -0.2) is 0 Å². The molecule has 1 fully saturated rings. The highest BCUT2D eigenvalue weighted by Crippen LogP contribution is 2.45. The van der Waals surface area contributed by atoms with E-state index < -0.39 is 0 Å². The average Bonchev–Trinajstić information content (AvgIpc) is 2.84. The second-order valence-electron chi connectivity index (χ2n) is 5.75. The Kier molecular flexibility index (Phi) is 4.42. The molecule has 18 heavy (non-hydrogen) atoms. The zero-order valence-electron chi connectivity index (χ0n) is 11.4. The van der Waals surface area contributed by atoms with Gasteiger partial charge < -0.3 is 0 Å². The van der Waals surface area contributed by atoms with Gasteiger partial charge in [-0.3, -0.25) is 0 Å². The maximum Gasteiger partial charge on any atom is 0.0689 e. The van der Waals surface area contributed by atoms with Gasteiger partial charge in [-0.05, 0) is 50.0 Å². The zero-order chi connectivity index (χ0) is 12.8. The number of hydrogen-bond acceptors (Lipinski definition) is 1. The van der Waals surface area contributed by atoms with Crippen LogP contribution in [0.2, 0.25) is 0 Å². The summed E-state index contributed by atoms with van der Waals surface area (Å²) in [5.74, 6) is 0.793. The Balaban J connectivity index is 1.84. The van der Waals surface area contributed by atoms with E-state index in [9.17, 15) is 5.26 Å². The van der Waals surface area contributed by atoms with Gasteiger partial charge >= 0.3 is 0 Å². The molecule has 0 bridgehead atoms. The Morgan fingerprint density at radius 1 is 1.33 bits per heavy atom. The van der Waals surface area contributed by atoms with E-state index in [2.05, 4.69) is 43.3 Å². The van der Waals surface area contributed by atoms with Crippen LogP contribution in [0, 0.1) is 22.7 Å². The molecule has 1 saturated carbocycles. The monoisotopic (exact) mass is 241 g/mol. The lowest BCUT2D eigenvalue weighted by Gasteiger charge is -2.20. The molecule has 96 valence electrons. The van der Waals surface area contributed by atoms with Crippen LogP contribution in [0.5, 0.6) is 0 Å². The normalized spacial score (nSPS) is 27.0. The molecule has 1 aromatic rings. The summed E-state index contributed by atoms with van der Waals surface area (Å²) in [4.78, 5) is 0. The number of nitrogens with zero attached hydrogens (tertiary/aromatic N) is 1. The first-order valence-corrected chi connectivity index (χ1v) is 7.23. The quantitative estimate of drug-likeness (QED) is 0.731. The first kappa shape index (κ1) is 13.1. The summed E-state index contributed by atoms with van der Waals surface area (Å²) in [6.07, 6.45) is 8.09. The van der Waals surface area contributed by atoms with Crippen molar-refractivity contribution in [1.29, 1.82) is 5.26 Å². The molecule has 1 aliphatic rings. The Morgan fingerprint density at radius 3 is 2.72 bits per heavy atom. The van der Waals surface area contributed by atoms with Crippen molar-refractivity contribution in [2.75, 3.05) is 0 Å². The molecule has 0 aliphatic heterocycles. The molecule has 1 aromatic carbocycles. The Hall–Kier alpha value is -1.29. The molecular formula is C17H23N. The van der Waals surface area contributed by atoms with Gasteiger partial charge in [0.1, 0.15) is 0 Å². The number of aryl methyl sites for hydroxylation is 1. The molecule has 1 aliphatic carbocycles. The molecule has 2 unspecified atom stereocenters. The highest BCUT2D eigenvalue weighted by Gasteiger charge is 2.37. The van der Waals surface area contributed by atoms with Crippen LogP contribution in [0.25, 0.3) is 0 Å². The molecule has 2 atom stereocenters. The van der Waals surface area contributed by atoms with Crippen molar-refractivity contribution in [2.24, 2.45) is 11.3 Å². The molecule has 0 spiro atoms. The molecule has 1 nitrogen and oxygen atoms in total. The number of hydrogen-bond donors (Lipinski definition) is 0. The van der Waals surface area contributed by atoms with Gasteiger partial charge in [-0.1, -0.05) is 43.7 Å². The first-order chi connectivity index (χ1) is 8.78. The lowest BCUT2D eigenvalue weighted by atomic mass is 9.81. The van der Waals surface area contributed by atoms with Crippen molar-refractivity contribution in [1.82, 2.24) is 0 Å². The third-order valence-corrected chi connectivity index (χ3v) is 4.49. The average molecular weight is 241 g/mol. The van der Waals surface area contributed by atoms with E-state index in [0.29, 0.717) is 0 Å². The molecule has 1 heteroatoms. The standard InChI is InChI=1S/C17H23N/c1-2-15-10-12-17(13-15,14-18)11-6-9-16-7-4-3-5-8-16/h3-5,7-8,15H,2,6,9-13H2,1H3. The second-order valence-corrected chi connectivity index (χ2v) is 5.75. The van der Waals surface area contributed by atoms with Crippen molar-refractivity contribution >= 4 is 0 Å². The van der Waals surface area contributed by atoms with Gasteiger partial charge in [0.2, 0.25) is 0 Å². The molecule has 0 N–H and O–H groups in total. The SMILES string of the molecule is CCC1CCC(C#N)(CCCc2ccccc2)C1. The third kappa shape index (κ3) is 3.13. The Morgan fingerprint density at radius 2 is 2.11 bits per heavy atom. The zero-order valence-corrected chi connectivity index (χ0v) is 11.4. The van der Waals surface area contributed by atoms with E-state index in [1.807, 2.05) is 0 Å². The lowest BCUT2D eigenvalue weighted by molar-refractivity contribution is 0.345. The van der Waals surface area contributed by atoms with Crippen LogP contribution in [0.1, 0.15) is 51.0 Å². The first-order valence-electron chi connectivity index (χ1n) is 7.23. The predicted molar refractivity (Wildman–Crippen MR) is 75.1 cm³/mol. The topological polar surface area (TPSA) is 23.8 Å². The van der Waals surface area contributed by atoms with Crippen LogP contribution < -0.4 is 0 Å². The summed E-state index contributed by atoms with van der Waals surface area (Å²) in [7, 11) is 0. The summed E-state index contributed by atoms with van der Waals surface area (Å²) in [6, 6.07) is 13.2. The van der Waals surface area contributed by atoms with Crippen molar-refractivity contribution in [3.63, 3.8) is 0 Å². The van der Waals surface area contributed by atoms with E-state index in [1.54, 1.807) is 0 Å². The summed E-state index contributed by atoms with van der Waals surface area (Å²) >= 11 is 0. The van der Waals surface area contributed by atoms with Gasteiger partial charge in [-0.2, -0.15) is 5.26 Å². The van der Waals surface area contributed by atoms with Gasteiger partial charge in [0.05, 0.1) is 11.5 Å². The summed E-state index contributed by atoms with van der Waals surface area (Å²) in [6.45, 7) is 2.25. The molecular weight excluding hydrogens is 218 g/mol. The minimum atomic E-state index is -0.00451. The smallest absolute Gasteiger partial charge is 0.0689 e. The van der Waals surface area contributed by atoms with Gasteiger partial charge in [-0.15, -0.1) is 0 Å². The fourth-order valence-electron chi connectivity index (χ4n) is 3.25. The summed E-state index contributed by atoms with van der Waals surface area (Å²) < 4.78 is 0. The van der Waals surface area contributed by atoms with E-state index in [4.69, 9.17) is 0 Å². The lowest BCUT2D eigenvalue weighted by Crippen LogP contribution is -2.14. The fourth-order valence-corrected chi connectivity index (χ4v) is 3.25. The molecule has 0 amide bonds. The molecule has 0 aromatic heterocycles. The maximum atomic E-state index is 9.48. The number of benzene rings is 1. The minimum absolute atomic E-state index is 0.00451. The van der Waals surface area contributed by atoms with Crippen LogP contribution in [0.4, 0.5) is 0 Å². The Bertz CT molecular complexity index is 403. The molecule has 0 heterocycles. The predicted octanol–water partition coefficient (Wildman–Crippen LogP) is 4.73. The van der Waals surface area contributed by atoms with Crippen LogP contribution >= 0.6 is 0 Å². The van der Waals surface area contributed by atoms with Crippen molar-refractivity contribution in [3.05, 3.63) is 35.9 Å². The van der Waals surface area contributed by atoms with Crippen LogP contribution in [-0.4, -0.2) is 0 Å². The van der Waals surface area contributed by atoms with E-state index in [1.165, 1.54) is 18.4 Å². The molecule has 0 saturated heterocycles. The minimum Gasteiger partial charge on any atom is -0.198 e. The fraction of sp³-hybridized carbons (Fsp3) is 0.588. The van der Waals surface area contributed by atoms with Crippen molar-refractivity contribution in [2.45, 2.75) is 51.9 Å². The van der Waals surface area contributed by atoms with Gasteiger partial charge in [0.15, 0.2) is 0 Å². The largest absolute Gasteiger partial charge is 0.198 e. The summed E-state index contributed by atoms with van der Waals surface area (Å²) in [5.41, 5.74) is 1.39. The Labute approximate surface area is 111 Å². The van der Waals surface area contributed by atoms with Gasteiger partial charge in [0, 0.05) is 0 Å².